The van der Waals surface area contributed by atoms with Crippen molar-refractivity contribution in [1.82, 2.24) is 0 Å². The van der Waals surface area contributed by atoms with E-state index in [0.717, 1.165) is 11.3 Å². The minimum absolute atomic E-state index is 0.461. The van der Waals surface area contributed by atoms with Gasteiger partial charge in [0, 0.05) is 25.0 Å². The van der Waals surface area contributed by atoms with E-state index in [1.807, 2.05) is 57.2 Å². The van der Waals surface area contributed by atoms with Gasteiger partial charge < -0.3 is 14.8 Å². The maximum atomic E-state index is 11.9. The van der Waals surface area contributed by atoms with Crippen LogP contribution in [0.15, 0.2) is 48.5 Å². The SMILES string of the molecule is COCc1cccc(CNc2cccc(NC(=O)OC(C)(C)C)c2)c1. The molecule has 0 saturated heterocycles. The average molecular weight is 342 g/mol. The first-order valence-electron chi connectivity index (χ1n) is 8.26. The zero-order valence-corrected chi connectivity index (χ0v) is 15.3. The fourth-order valence-corrected chi connectivity index (χ4v) is 2.33. The molecule has 0 atom stereocenters. The second-order valence-electron chi connectivity index (χ2n) is 6.81. The molecule has 2 N–H and O–H groups in total. The topological polar surface area (TPSA) is 59.6 Å². The summed E-state index contributed by atoms with van der Waals surface area (Å²) in [6.07, 6.45) is -0.461. The molecule has 0 spiro atoms. The maximum absolute atomic E-state index is 11.9. The van der Waals surface area contributed by atoms with Crippen LogP contribution in [0.25, 0.3) is 0 Å². The van der Waals surface area contributed by atoms with Crippen molar-refractivity contribution in [3.8, 4) is 0 Å². The Labute approximate surface area is 149 Å². The van der Waals surface area contributed by atoms with Crippen LogP contribution in [0.4, 0.5) is 16.2 Å². The number of carbonyl (C=O) groups excluding carboxylic acids is 1. The summed E-state index contributed by atoms with van der Waals surface area (Å²) in [4.78, 5) is 11.9. The van der Waals surface area contributed by atoms with Gasteiger partial charge in [0.2, 0.25) is 0 Å². The van der Waals surface area contributed by atoms with Gasteiger partial charge >= 0.3 is 6.09 Å². The molecule has 0 fully saturated rings. The average Bonchev–Trinajstić information content (AvgIpc) is 2.52. The molecule has 2 aromatic rings. The molecule has 0 aromatic heterocycles. The molecule has 5 heteroatoms. The number of hydrogen-bond donors (Lipinski definition) is 2. The lowest BCUT2D eigenvalue weighted by molar-refractivity contribution is 0.0636. The van der Waals surface area contributed by atoms with Crippen LogP contribution in [0.3, 0.4) is 0 Å². The van der Waals surface area contributed by atoms with Gasteiger partial charge in [-0.3, -0.25) is 5.32 Å². The number of anilines is 2. The summed E-state index contributed by atoms with van der Waals surface area (Å²) in [6.45, 7) is 6.79. The number of hydrogen-bond acceptors (Lipinski definition) is 4. The van der Waals surface area contributed by atoms with Crippen LogP contribution >= 0.6 is 0 Å². The first kappa shape index (κ1) is 18.8. The van der Waals surface area contributed by atoms with E-state index in [4.69, 9.17) is 9.47 Å². The van der Waals surface area contributed by atoms with Gasteiger partial charge in [0.15, 0.2) is 0 Å². The monoisotopic (exact) mass is 342 g/mol. The van der Waals surface area contributed by atoms with Gasteiger partial charge in [0.25, 0.3) is 0 Å². The Morgan fingerprint density at radius 2 is 1.68 bits per heavy atom. The van der Waals surface area contributed by atoms with Crippen molar-refractivity contribution < 1.29 is 14.3 Å². The van der Waals surface area contributed by atoms with E-state index in [1.165, 1.54) is 5.56 Å². The van der Waals surface area contributed by atoms with Crippen molar-refractivity contribution in [3.63, 3.8) is 0 Å². The number of amides is 1. The van der Waals surface area contributed by atoms with Gasteiger partial charge in [-0.15, -0.1) is 0 Å². The third-order valence-corrected chi connectivity index (χ3v) is 3.31. The molecule has 2 aromatic carbocycles. The summed E-state index contributed by atoms with van der Waals surface area (Å²) in [7, 11) is 1.69. The molecule has 1 amide bonds. The number of benzene rings is 2. The number of methoxy groups -OCH3 is 1. The molecule has 0 aliphatic carbocycles. The third kappa shape index (κ3) is 6.85. The van der Waals surface area contributed by atoms with Crippen molar-refractivity contribution in [2.24, 2.45) is 0 Å². The van der Waals surface area contributed by atoms with Crippen molar-refractivity contribution >= 4 is 17.5 Å². The van der Waals surface area contributed by atoms with Gasteiger partial charge in [0.05, 0.1) is 6.61 Å². The van der Waals surface area contributed by atoms with Crippen LogP contribution in [0.2, 0.25) is 0 Å². The molecule has 0 bridgehead atoms. The zero-order valence-electron chi connectivity index (χ0n) is 15.3. The highest BCUT2D eigenvalue weighted by Gasteiger charge is 2.16. The molecule has 0 unspecified atom stereocenters. The Morgan fingerprint density at radius 3 is 2.40 bits per heavy atom. The Bertz CT molecular complexity index is 708. The van der Waals surface area contributed by atoms with Gasteiger partial charge in [-0.2, -0.15) is 0 Å². The summed E-state index contributed by atoms with van der Waals surface area (Å²) < 4.78 is 10.4. The summed E-state index contributed by atoms with van der Waals surface area (Å²) >= 11 is 0. The van der Waals surface area contributed by atoms with Crippen molar-refractivity contribution in [2.75, 3.05) is 17.7 Å². The summed E-state index contributed by atoms with van der Waals surface area (Å²) in [5.74, 6) is 0. The van der Waals surface area contributed by atoms with Crippen LogP contribution in [-0.4, -0.2) is 18.8 Å². The lowest BCUT2D eigenvalue weighted by Crippen LogP contribution is -2.27. The molecular weight excluding hydrogens is 316 g/mol. The number of nitrogens with one attached hydrogen (secondary N) is 2. The van der Waals surface area contributed by atoms with E-state index in [2.05, 4.69) is 22.8 Å². The molecule has 0 saturated carbocycles. The second kappa shape index (κ2) is 8.53. The number of carbonyl (C=O) groups is 1. The van der Waals surface area contributed by atoms with Crippen LogP contribution in [0.5, 0.6) is 0 Å². The normalized spacial score (nSPS) is 11.0. The predicted octanol–water partition coefficient (Wildman–Crippen LogP) is 4.79. The quantitative estimate of drug-likeness (QED) is 0.792. The molecule has 2 rings (SSSR count). The lowest BCUT2D eigenvalue weighted by Gasteiger charge is -2.19. The molecule has 5 nitrogen and oxygen atoms in total. The van der Waals surface area contributed by atoms with E-state index in [1.54, 1.807) is 7.11 Å². The highest BCUT2D eigenvalue weighted by atomic mass is 16.6. The van der Waals surface area contributed by atoms with Crippen LogP contribution in [0.1, 0.15) is 31.9 Å². The highest BCUT2D eigenvalue weighted by Crippen LogP contribution is 2.18. The molecule has 134 valence electrons. The minimum Gasteiger partial charge on any atom is -0.444 e. The number of ether oxygens (including phenoxy) is 2. The van der Waals surface area contributed by atoms with Crippen molar-refractivity contribution in [3.05, 3.63) is 59.7 Å². The fourth-order valence-electron chi connectivity index (χ4n) is 2.33. The molecule has 0 aliphatic heterocycles. The van der Waals surface area contributed by atoms with Crippen LogP contribution < -0.4 is 10.6 Å². The first-order valence-corrected chi connectivity index (χ1v) is 8.26. The molecule has 0 aliphatic rings. The first-order chi connectivity index (χ1) is 11.9. The van der Waals surface area contributed by atoms with E-state index in [0.29, 0.717) is 18.8 Å². The Morgan fingerprint density at radius 1 is 1.00 bits per heavy atom. The van der Waals surface area contributed by atoms with Gasteiger partial charge in [0.1, 0.15) is 5.60 Å². The summed E-state index contributed by atoms with van der Waals surface area (Å²) in [5.41, 5.74) is 3.40. The van der Waals surface area contributed by atoms with Crippen LogP contribution in [-0.2, 0) is 22.6 Å². The van der Waals surface area contributed by atoms with Gasteiger partial charge in [-0.05, 0) is 50.1 Å². The Balaban J connectivity index is 1.95. The van der Waals surface area contributed by atoms with Crippen LogP contribution in [0, 0.1) is 0 Å². The largest absolute Gasteiger partial charge is 0.444 e. The number of rotatable bonds is 6. The molecular formula is C20H26N2O3. The zero-order chi connectivity index (χ0) is 18.3. The highest BCUT2D eigenvalue weighted by molar-refractivity contribution is 5.85. The summed E-state index contributed by atoms with van der Waals surface area (Å²) in [5, 5.41) is 6.10. The summed E-state index contributed by atoms with van der Waals surface area (Å²) in [6, 6.07) is 15.8. The molecule has 0 radical (unpaired) electrons. The molecule has 25 heavy (non-hydrogen) atoms. The van der Waals surface area contributed by atoms with Gasteiger partial charge in [-0.25, -0.2) is 4.79 Å². The maximum Gasteiger partial charge on any atom is 0.412 e. The van der Waals surface area contributed by atoms with Crippen molar-refractivity contribution in [1.29, 1.82) is 0 Å². The lowest BCUT2D eigenvalue weighted by atomic mass is 10.1. The third-order valence-electron chi connectivity index (χ3n) is 3.31. The molecule has 0 heterocycles. The predicted molar refractivity (Wildman–Crippen MR) is 101 cm³/mol. The van der Waals surface area contributed by atoms with E-state index >= 15 is 0 Å². The van der Waals surface area contributed by atoms with E-state index < -0.39 is 11.7 Å². The smallest absolute Gasteiger partial charge is 0.412 e. The van der Waals surface area contributed by atoms with E-state index in [-0.39, 0.29) is 0 Å². The minimum atomic E-state index is -0.521. The Kier molecular flexibility index (Phi) is 6.42. The Hall–Kier alpha value is -2.53. The van der Waals surface area contributed by atoms with Crippen molar-refractivity contribution in [2.45, 2.75) is 39.5 Å². The standard InChI is InChI=1S/C20H26N2O3/c1-20(2,3)25-19(23)22-18-10-6-9-17(12-18)21-13-15-7-5-8-16(11-15)14-24-4/h5-12,21H,13-14H2,1-4H3,(H,22,23). The second-order valence-corrected chi connectivity index (χ2v) is 6.81. The van der Waals surface area contributed by atoms with Gasteiger partial charge in [-0.1, -0.05) is 30.3 Å². The van der Waals surface area contributed by atoms with E-state index in [9.17, 15) is 4.79 Å². The fraction of sp³-hybridized carbons (Fsp3) is 0.350.